The first-order chi connectivity index (χ1) is 31.6. The molecule has 10 atom stereocenters. The number of alkyl halides is 2. The lowest BCUT2D eigenvalue weighted by Gasteiger charge is -2.49. The fourth-order valence-electron chi connectivity index (χ4n) is 11.5. The summed E-state index contributed by atoms with van der Waals surface area (Å²) in [6.07, 6.45) is 9.18. The number of H-pyrrole nitrogens is 2. The molecule has 66 heavy (non-hydrogen) atoms. The molecule has 16 heteroatoms. The first kappa shape index (κ1) is 47.1. The molecule has 4 aromatic rings. The number of carbonyl (C=O) groups excluding carboxylic acids is 2. The number of rotatable bonds is 11. The molecule has 10 rings (SSSR count). The summed E-state index contributed by atoms with van der Waals surface area (Å²) in [5.41, 5.74) is 9.93. The second-order valence-corrected chi connectivity index (χ2v) is 19.0. The Morgan fingerprint density at radius 1 is 0.636 bits per heavy atom. The lowest BCUT2D eigenvalue weighted by molar-refractivity contribution is -0.165. The monoisotopic (exact) mass is 912 g/mol. The van der Waals surface area contributed by atoms with Crippen LogP contribution >= 0.6 is 0 Å². The highest BCUT2D eigenvalue weighted by atomic mass is 19.1. The number of nitrogens with one attached hydrogen (secondary N) is 2. The third kappa shape index (κ3) is 8.80. The molecule has 6 N–H and O–H groups in total. The number of nitrogens with zero attached hydrogens (tertiary/aromatic N) is 4. The van der Waals surface area contributed by atoms with Crippen LogP contribution < -0.4 is 0 Å². The van der Waals surface area contributed by atoms with E-state index in [0.29, 0.717) is 63.2 Å². The van der Waals surface area contributed by atoms with Gasteiger partial charge in [0.25, 0.3) is 0 Å². The average Bonchev–Trinajstić information content (AvgIpc) is 3.92. The van der Waals surface area contributed by atoms with Gasteiger partial charge in [0.15, 0.2) is 12.2 Å². The van der Waals surface area contributed by atoms with Gasteiger partial charge in [-0.3, -0.25) is 28.2 Å². The minimum atomic E-state index is -2.27. The van der Waals surface area contributed by atoms with Gasteiger partial charge in [-0.25, -0.2) is 9.59 Å². The predicted octanol–water partition coefficient (Wildman–Crippen LogP) is 5.43. The van der Waals surface area contributed by atoms with Crippen LogP contribution in [0.5, 0.6) is 0 Å². The number of benzene rings is 2. The third-order valence-electron chi connectivity index (χ3n) is 14.6. The maximum absolute atomic E-state index is 13.3. The first-order valence-electron chi connectivity index (χ1n) is 23.3. The number of aromatic nitrogens is 2. The van der Waals surface area contributed by atoms with E-state index in [4.69, 9.17) is 20.4 Å². The molecular formula is C50H62F2N6O8. The van der Waals surface area contributed by atoms with Crippen LogP contribution in [0.2, 0.25) is 0 Å². The quantitative estimate of drug-likeness (QED) is 0.113. The zero-order valence-corrected chi connectivity index (χ0v) is 38.0. The second-order valence-electron chi connectivity index (χ2n) is 19.0. The Kier molecular flexibility index (Phi) is 13.9. The van der Waals surface area contributed by atoms with Crippen LogP contribution in [0.3, 0.4) is 0 Å². The van der Waals surface area contributed by atoms with Gasteiger partial charge in [-0.05, 0) is 112 Å². The molecular weight excluding hydrogens is 851 g/mol. The smallest absolute Gasteiger partial charge is 0.335 e. The maximum Gasteiger partial charge on any atom is 0.335 e. The molecule has 0 spiro atoms. The van der Waals surface area contributed by atoms with Gasteiger partial charge in [-0.1, -0.05) is 36.4 Å². The van der Waals surface area contributed by atoms with Gasteiger partial charge in [0.2, 0.25) is 11.8 Å². The summed E-state index contributed by atoms with van der Waals surface area (Å²) in [5, 5.41) is 35.1. The number of halogens is 2. The Bertz CT molecular complexity index is 2350. The average molecular weight is 913 g/mol. The van der Waals surface area contributed by atoms with Crippen molar-refractivity contribution in [1.29, 1.82) is 0 Å². The minimum Gasteiger partial charge on any atom is -0.479 e. The van der Waals surface area contributed by atoms with E-state index in [1.54, 1.807) is 0 Å². The van der Waals surface area contributed by atoms with Crippen LogP contribution in [0, 0.1) is 11.8 Å². The lowest BCUT2D eigenvalue weighted by Crippen LogP contribution is -2.59. The highest BCUT2D eigenvalue weighted by molar-refractivity contribution is 6.01. The number of aliphatic hydroxyl groups is 2. The Morgan fingerprint density at radius 3 is 1.35 bits per heavy atom. The minimum absolute atomic E-state index is 0.146. The molecule has 2 saturated heterocycles. The van der Waals surface area contributed by atoms with Gasteiger partial charge >= 0.3 is 11.9 Å². The summed E-state index contributed by atoms with van der Waals surface area (Å²) in [4.78, 5) is 61.7. The van der Waals surface area contributed by atoms with Crippen molar-refractivity contribution >= 4 is 56.7 Å². The van der Waals surface area contributed by atoms with Gasteiger partial charge < -0.3 is 40.2 Å². The lowest BCUT2D eigenvalue weighted by atomic mass is 9.79. The van der Waals surface area contributed by atoms with Crippen molar-refractivity contribution in [1.82, 2.24) is 29.6 Å². The first-order valence-corrected chi connectivity index (χ1v) is 23.3. The largest absolute Gasteiger partial charge is 0.479 e. The number of likely N-dealkylation sites (tertiary alicyclic amines) is 2. The Balaban J connectivity index is 0.000000150. The molecule has 2 unspecified atom stereocenters. The number of hydrogen-bond donors (Lipinski definition) is 6. The van der Waals surface area contributed by atoms with E-state index in [-0.39, 0.29) is 49.1 Å². The van der Waals surface area contributed by atoms with E-state index >= 15 is 0 Å². The van der Waals surface area contributed by atoms with E-state index in [1.165, 1.54) is 44.2 Å². The molecule has 4 aliphatic heterocycles. The van der Waals surface area contributed by atoms with Gasteiger partial charge in [-0.2, -0.15) is 0 Å². The summed E-state index contributed by atoms with van der Waals surface area (Å²) in [7, 11) is 0. The van der Waals surface area contributed by atoms with Crippen LogP contribution in [-0.2, 0) is 32.0 Å². The summed E-state index contributed by atoms with van der Waals surface area (Å²) in [6, 6.07) is 14.5. The van der Waals surface area contributed by atoms with E-state index in [2.05, 4.69) is 108 Å². The Labute approximate surface area is 382 Å². The van der Waals surface area contributed by atoms with Crippen molar-refractivity contribution in [2.24, 2.45) is 11.8 Å². The van der Waals surface area contributed by atoms with Crippen molar-refractivity contribution in [3.63, 3.8) is 0 Å². The van der Waals surface area contributed by atoms with Crippen molar-refractivity contribution in [2.75, 3.05) is 39.5 Å². The zero-order chi connectivity index (χ0) is 47.1. The van der Waals surface area contributed by atoms with Crippen molar-refractivity contribution in [3.05, 3.63) is 83.2 Å². The van der Waals surface area contributed by atoms with E-state index in [1.807, 2.05) is 9.80 Å². The topological polar surface area (TPSA) is 194 Å². The Hall–Kier alpha value is -5.42. The Morgan fingerprint density at radius 2 is 1.02 bits per heavy atom. The number of carboxylic acid groups (broad SMARTS) is 2. The number of fused-ring (bicyclic) bond motifs is 4. The summed E-state index contributed by atoms with van der Waals surface area (Å²) in [6.45, 7) is 10.7. The molecule has 6 aliphatic rings. The third-order valence-corrected chi connectivity index (χ3v) is 14.6. The predicted molar refractivity (Wildman–Crippen MR) is 247 cm³/mol. The van der Waals surface area contributed by atoms with Gasteiger partial charge in [0, 0.05) is 96.6 Å². The van der Waals surface area contributed by atoms with Gasteiger partial charge in [0.05, 0.1) is 25.2 Å². The number of hydrogen-bond acceptors (Lipinski definition) is 8. The second kappa shape index (κ2) is 19.4. The number of aromatic amines is 2. The van der Waals surface area contributed by atoms with Crippen LogP contribution in [-0.4, -0.2) is 162 Å². The van der Waals surface area contributed by atoms with Gasteiger partial charge in [0.1, 0.15) is 0 Å². The number of carbonyl (C=O) groups is 4. The van der Waals surface area contributed by atoms with Crippen LogP contribution in [0.25, 0.3) is 33.0 Å². The molecule has 0 saturated carbocycles. The van der Waals surface area contributed by atoms with Crippen molar-refractivity contribution in [3.8, 4) is 0 Å². The molecule has 2 amide bonds. The maximum atomic E-state index is 13.3. The molecule has 2 fully saturated rings. The van der Waals surface area contributed by atoms with Crippen LogP contribution in [0.15, 0.2) is 60.9 Å². The molecule has 2 aromatic carbocycles. The number of amides is 2. The molecule has 354 valence electrons. The molecule has 2 aliphatic carbocycles. The summed E-state index contributed by atoms with van der Waals surface area (Å²) >= 11 is 0. The van der Waals surface area contributed by atoms with E-state index < -0.39 is 24.1 Å². The van der Waals surface area contributed by atoms with Crippen LogP contribution in [0.4, 0.5) is 8.78 Å². The van der Waals surface area contributed by atoms with Crippen molar-refractivity contribution in [2.45, 2.75) is 115 Å². The standard InChI is InChI=1S/2C23H28FN3O.C4H6O6/c2*1-14-9-15(2)27(14)23(28)17-10-19-18-5-3-6-20-22(18)16(12-25-20)11-21(19)26(13-17)8-4-7-24;5-1(3(7)8)2(6)4(9)10/h2*3,5-6,10,12,14-15,17,21,25H,4,7-9,11,13H2,1-2H3;1-2,5-6H,(H,7,8)(H,9,10)/t2*14-,15-,17+,21+;/m00./s1. The molecule has 0 bridgehead atoms. The normalized spacial score (nSPS) is 27.3. The zero-order valence-electron chi connectivity index (χ0n) is 38.0. The molecule has 6 heterocycles. The highest BCUT2D eigenvalue weighted by Crippen LogP contribution is 2.44. The van der Waals surface area contributed by atoms with E-state index in [0.717, 1.165) is 36.7 Å². The fourth-order valence-corrected chi connectivity index (χ4v) is 11.5. The molecule has 14 nitrogen and oxygen atoms in total. The SMILES string of the molecule is C[C@H]1C[C@H](C)N1C(=O)[C@@H]1C=C2c3cccc4[nH]cc(c34)C[C@H]2N(CCCF)C1.C[C@H]1C[C@H](C)N1C(=O)[C@@H]1C=C2c3cccc4[nH]cc(c34)C[C@H]2N(CCCF)C1.O=C(O)C(O)C(O)C(=O)O. The van der Waals surface area contributed by atoms with Crippen molar-refractivity contribution < 1.29 is 48.4 Å². The fraction of sp³-hybridized carbons (Fsp3) is 0.520. The number of aliphatic carboxylic acids is 2. The summed E-state index contributed by atoms with van der Waals surface area (Å²) < 4.78 is 25.9. The molecule has 2 aromatic heterocycles. The van der Waals surface area contributed by atoms with Gasteiger partial charge in [-0.15, -0.1) is 0 Å². The highest BCUT2D eigenvalue weighted by Gasteiger charge is 2.44. The van der Waals surface area contributed by atoms with Crippen LogP contribution in [0.1, 0.15) is 75.6 Å². The summed E-state index contributed by atoms with van der Waals surface area (Å²) in [5.74, 6) is -3.37. The number of carboxylic acids is 2. The molecule has 0 radical (unpaired) electrons. The van der Waals surface area contributed by atoms with E-state index in [9.17, 15) is 28.0 Å². The number of aliphatic hydroxyl groups excluding tert-OH is 2.